The zero-order chi connectivity index (χ0) is 13.4. The van der Waals surface area contributed by atoms with Gasteiger partial charge in [0.15, 0.2) is 0 Å². The van der Waals surface area contributed by atoms with Gasteiger partial charge in [-0.15, -0.1) is 11.6 Å². The topological polar surface area (TPSA) is 9.23 Å². The summed E-state index contributed by atoms with van der Waals surface area (Å²) >= 11 is 6.10. The lowest BCUT2D eigenvalue weighted by atomic mass is 9.89. The monoisotopic (exact) mass is 268 g/mol. The molecule has 0 amide bonds. The molecule has 0 spiro atoms. The average Bonchev–Trinajstić information content (AvgIpc) is 2.38. The molecule has 0 aromatic heterocycles. The minimum absolute atomic E-state index is 0.570. The number of rotatable bonds is 8. The van der Waals surface area contributed by atoms with Crippen LogP contribution in [0, 0.1) is 11.8 Å². The Balaban J connectivity index is 2.56. The largest absolute Gasteiger partial charge is 0.497 e. The molecule has 0 bridgehead atoms. The van der Waals surface area contributed by atoms with E-state index in [1.54, 1.807) is 7.11 Å². The Morgan fingerprint density at radius 3 is 2.72 bits per heavy atom. The maximum absolute atomic E-state index is 6.10. The molecule has 1 aromatic carbocycles. The van der Waals surface area contributed by atoms with E-state index >= 15 is 0 Å². The van der Waals surface area contributed by atoms with Crippen molar-refractivity contribution in [3.8, 4) is 5.75 Å². The highest BCUT2D eigenvalue weighted by Gasteiger charge is 2.13. The number of benzene rings is 1. The van der Waals surface area contributed by atoms with Crippen molar-refractivity contribution >= 4 is 11.6 Å². The fourth-order valence-electron chi connectivity index (χ4n) is 2.51. The van der Waals surface area contributed by atoms with Crippen LogP contribution in [-0.4, -0.2) is 13.0 Å². The molecule has 0 N–H and O–H groups in total. The van der Waals surface area contributed by atoms with Crippen LogP contribution in [0.15, 0.2) is 24.3 Å². The van der Waals surface area contributed by atoms with Gasteiger partial charge in [-0.05, 0) is 42.4 Å². The van der Waals surface area contributed by atoms with Crippen molar-refractivity contribution in [3.63, 3.8) is 0 Å². The molecule has 1 aromatic rings. The van der Waals surface area contributed by atoms with E-state index in [0.717, 1.165) is 24.0 Å². The minimum atomic E-state index is 0.570. The molecule has 1 rings (SSSR count). The Hall–Kier alpha value is -0.690. The average molecular weight is 269 g/mol. The van der Waals surface area contributed by atoms with E-state index in [9.17, 15) is 0 Å². The van der Waals surface area contributed by atoms with Gasteiger partial charge in [0.2, 0.25) is 0 Å². The molecule has 0 saturated heterocycles. The van der Waals surface area contributed by atoms with Crippen molar-refractivity contribution in [2.75, 3.05) is 13.0 Å². The molecular weight excluding hydrogens is 244 g/mol. The van der Waals surface area contributed by atoms with Gasteiger partial charge >= 0.3 is 0 Å². The minimum Gasteiger partial charge on any atom is -0.497 e. The molecule has 0 aliphatic heterocycles. The summed E-state index contributed by atoms with van der Waals surface area (Å²) in [6.07, 6.45) is 4.82. The van der Waals surface area contributed by atoms with Crippen LogP contribution >= 0.6 is 11.6 Å². The lowest BCUT2D eigenvalue weighted by Crippen LogP contribution is -2.11. The van der Waals surface area contributed by atoms with E-state index in [1.165, 1.54) is 24.8 Å². The Kier molecular flexibility index (Phi) is 7.19. The maximum Gasteiger partial charge on any atom is 0.119 e. The summed E-state index contributed by atoms with van der Waals surface area (Å²) in [5.41, 5.74) is 1.32. The molecule has 0 aliphatic carbocycles. The molecule has 0 fully saturated rings. The third kappa shape index (κ3) is 5.30. The van der Waals surface area contributed by atoms with Crippen molar-refractivity contribution in [2.24, 2.45) is 11.8 Å². The zero-order valence-electron chi connectivity index (χ0n) is 11.8. The number of halogens is 1. The van der Waals surface area contributed by atoms with Gasteiger partial charge in [0.25, 0.3) is 0 Å². The second-order valence-corrected chi connectivity index (χ2v) is 5.51. The first-order valence-electron chi connectivity index (χ1n) is 6.88. The third-order valence-electron chi connectivity index (χ3n) is 3.39. The van der Waals surface area contributed by atoms with Gasteiger partial charge < -0.3 is 4.74 Å². The summed E-state index contributed by atoms with van der Waals surface area (Å²) in [6, 6.07) is 8.31. The quantitative estimate of drug-likeness (QED) is 0.608. The van der Waals surface area contributed by atoms with Gasteiger partial charge in [-0.25, -0.2) is 0 Å². The van der Waals surface area contributed by atoms with E-state index in [0.29, 0.717) is 5.92 Å². The van der Waals surface area contributed by atoms with Crippen LogP contribution < -0.4 is 4.74 Å². The maximum atomic E-state index is 6.10. The molecule has 2 unspecified atom stereocenters. The number of alkyl halides is 1. The van der Waals surface area contributed by atoms with Crippen LogP contribution in [0.3, 0.4) is 0 Å². The third-order valence-corrected chi connectivity index (χ3v) is 3.83. The second-order valence-electron chi connectivity index (χ2n) is 5.21. The fraction of sp³-hybridized carbons (Fsp3) is 0.625. The van der Waals surface area contributed by atoms with Gasteiger partial charge in [0, 0.05) is 5.88 Å². The first-order valence-corrected chi connectivity index (χ1v) is 7.41. The smallest absolute Gasteiger partial charge is 0.119 e. The van der Waals surface area contributed by atoms with Crippen molar-refractivity contribution in [1.29, 1.82) is 0 Å². The number of hydrogen-bond acceptors (Lipinski definition) is 1. The van der Waals surface area contributed by atoms with Crippen LogP contribution in [0.2, 0.25) is 0 Å². The Morgan fingerprint density at radius 1 is 1.33 bits per heavy atom. The standard InChI is InChI=1S/C16H25ClO/c1-4-6-13(2)9-15(12-17)10-14-7-5-8-16(11-14)18-3/h5,7-8,11,13,15H,4,6,9-10,12H2,1-3H3. The van der Waals surface area contributed by atoms with Crippen LogP contribution in [0.5, 0.6) is 5.75 Å². The molecule has 0 heterocycles. The molecule has 2 heteroatoms. The lowest BCUT2D eigenvalue weighted by molar-refractivity contribution is 0.391. The zero-order valence-corrected chi connectivity index (χ0v) is 12.5. The van der Waals surface area contributed by atoms with Crippen LogP contribution in [0.4, 0.5) is 0 Å². The second kappa shape index (κ2) is 8.42. The number of hydrogen-bond donors (Lipinski definition) is 0. The van der Waals surface area contributed by atoms with Crippen molar-refractivity contribution < 1.29 is 4.74 Å². The summed E-state index contributed by atoms with van der Waals surface area (Å²) in [6.45, 7) is 4.57. The molecule has 2 atom stereocenters. The SMILES string of the molecule is CCCC(C)CC(CCl)Cc1cccc(OC)c1. The van der Waals surface area contributed by atoms with Gasteiger partial charge in [-0.3, -0.25) is 0 Å². The summed E-state index contributed by atoms with van der Waals surface area (Å²) in [4.78, 5) is 0. The van der Waals surface area contributed by atoms with Crippen LogP contribution in [-0.2, 0) is 6.42 Å². The predicted molar refractivity (Wildman–Crippen MR) is 79.6 cm³/mol. The highest BCUT2D eigenvalue weighted by molar-refractivity contribution is 6.18. The van der Waals surface area contributed by atoms with Crippen molar-refractivity contribution in [2.45, 2.75) is 39.5 Å². The van der Waals surface area contributed by atoms with Gasteiger partial charge in [-0.2, -0.15) is 0 Å². The van der Waals surface area contributed by atoms with Gasteiger partial charge in [0.05, 0.1) is 7.11 Å². The molecule has 0 saturated carbocycles. The van der Waals surface area contributed by atoms with Crippen molar-refractivity contribution in [3.05, 3.63) is 29.8 Å². The summed E-state index contributed by atoms with van der Waals surface area (Å²) in [7, 11) is 1.71. The fourth-order valence-corrected chi connectivity index (χ4v) is 2.75. The first kappa shape index (κ1) is 15.4. The van der Waals surface area contributed by atoms with E-state index in [1.807, 2.05) is 6.07 Å². The summed E-state index contributed by atoms with van der Waals surface area (Å²) in [5, 5.41) is 0. The predicted octanol–water partition coefficient (Wildman–Crippen LogP) is 4.92. The molecular formula is C16H25ClO. The highest BCUT2D eigenvalue weighted by atomic mass is 35.5. The van der Waals surface area contributed by atoms with Gasteiger partial charge in [-0.1, -0.05) is 38.8 Å². The number of methoxy groups -OCH3 is 1. The summed E-state index contributed by atoms with van der Waals surface area (Å²) in [5.74, 6) is 3.01. The Bertz CT molecular complexity index is 338. The Labute approximate surface area is 116 Å². The molecule has 0 aliphatic rings. The van der Waals surface area contributed by atoms with Crippen molar-refractivity contribution in [1.82, 2.24) is 0 Å². The lowest BCUT2D eigenvalue weighted by Gasteiger charge is -2.19. The van der Waals surface area contributed by atoms with Gasteiger partial charge in [0.1, 0.15) is 5.75 Å². The van der Waals surface area contributed by atoms with E-state index in [4.69, 9.17) is 16.3 Å². The molecule has 1 nitrogen and oxygen atoms in total. The normalized spacial score (nSPS) is 14.2. The number of ether oxygens (including phenoxy) is 1. The van der Waals surface area contributed by atoms with E-state index in [2.05, 4.69) is 32.0 Å². The molecule has 0 radical (unpaired) electrons. The van der Waals surface area contributed by atoms with Crippen LogP contribution in [0.1, 0.15) is 38.7 Å². The Morgan fingerprint density at radius 2 is 2.11 bits per heavy atom. The highest BCUT2D eigenvalue weighted by Crippen LogP contribution is 2.23. The van der Waals surface area contributed by atoms with E-state index < -0.39 is 0 Å². The molecule has 18 heavy (non-hydrogen) atoms. The van der Waals surface area contributed by atoms with Crippen LogP contribution in [0.25, 0.3) is 0 Å². The van der Waals surface area contributed by atoms with E-state index in [-0.39, 0.29) is 0 Å². The molecule has 102 valence electrons. The summed E-state index contributed by atoms with van der Waals surface area (Å²) < 4.78 is 5.26. The first-order chi connectivity index (χ1) is 8.69.